The number of hydrogen-bond donors (Lipinski definition) is 0. The van der Waals surface area contributed by atoms with Gasteiger partial charge in [-0.2, -0.15) is 0 Å². The normalized spacial score (nSPS) is 11.4. The zero-order chi connectivity index (χ0) is 14.2. The predicted molar refractivity (Wildman–Crippen MR) is 85.8 cm³/mol. The number of ether oxygens (including phenoxy) is 1. The molecule has 0 aliphatic carbocycles. The Morgan fingerprint density at radius 3 is 2.55 bits per heavy atom. The zero-order valence-corrected chi connectivity index (χ0v) is 12.3. The molecule has 2 aromatic carbocycles. The molecule has 0 radical (unpaired) electrons. The van der Waals surface area contributed by atoms with Crippen molar-refractivity contribution < 1.29 is 4.74 Å². The van der Waals surface area contributed by atoms with Crippen molar-refractivity contribution in [1.29, 1.82) is 0 Å². The maximum absolute atomic E-state index is 6.09. The minimum absolute atomic E-state index is 0.900. The van der Waals surface area contributed by atoms with E-state index in [4.69, 9.17) is 4.74 Å². The highest BCUT2D eigenvalue weighted by Crippen LogP contribution is 2.22. The fourth-order valence-corrected chi connectivity index (χ4v) is 2.06. The summed E-state index contributed by atoms with van der Waals surface area (Å²) in [5.41, 5.74) is 2.34. The van der Waals surface area contributed by atoms with Crippen LogP contribution in [0.25, 0.3) is 5.76 Å². The van der Waals surface area contributed by atoms with Crippen molar-refractivity contribution in [2.24, 2.45) is 0 Å². The first-order chi connectivity index (χ1) is 9.79. The molecule has 0 bridgehead atoms. The summed E-state index contributed by atoms with van der Waals surface area (Å²) in [7, 11) is 0. The molecule has 1 nitrogen and oxygen atoms in total. The number of aryl methyl sites for hydroxylation is 1. The number of unbranched alkanes of at least 4 members (excludes halogenated alkanes) is 2. The Kier molecular flexibility index (Phi) is 5.43. The van der Waals surface area contributed by atoms with Crippen LogP contribution in [0, 0.1) is 6.92 Å². The molecule has 0 fully saturated rings. The molecule has 0 spiro atoms. The van der Waals surface area contributed by atoms with E-state index < -0.39 is 0 Å². The first kappa shape index (κ1) is 14.4. The summed E-state index contributed by atoms with van der Waals surface area (Å²) in [6, 6.07) is 18.5. The van der Waals surface area contributed by atoms with Crippen molar-refractivity contribution in [2.75, 3.05) is 0 Å². The Morgan fingerprint density at radius 2 is 1.85 bits per heavy atom. The summed E-state index contributed by atoms with van der Waals surface area (Å²) in [5, 5.41) is 0. The Hall–Kier alpha value is -2.02. The molecule has 0 aliphatic heterocycles. The highest BCUT2D eigenvalue weighted by atomic mass is 16.5. The standard InChI is InChI=1S/C19H22O/c1-3-4-6-14-19(17-11-7-5-8-12-17)20-18-13-9-10-16(2)15-18/h5,7-15H,3-4,6H2,1-2H3/b19-14+. The van der Waals surface area contributed by atoms with Crippen LogP contribution in [0.4, 0.5) is 0 Å². The van der Waals surface area contributed by atoms with Gasteiger partial charge in [-0.1, -0.05) is 55.8 Å². The molecule has 0 amide bonds. The molecule has 104 valence electrons. The maximum atomic E-state index is 6.09. The van der Waals surface area contributed by atoms with E-state index in [1.807, 2.05) is 30.3 Å². The van der Waals surface area contributed by atoms with E-state index in [0.29, 0.717) is 0 Å². The third-order valence-electron chi connectivity index (χ3n) is 3.16. The molecule has 1 heteroatoms. The van der Waals surface area contributed by atoms with Crippen molar-refractivity contribution in [3.8, 4) is 5.75 Å². The van der Waals surface area contributed by atoms with Gasteiger partial charge < -0.3 is 4.74 Å². The van der Waals surface area contributed by atoms with Gasteiger partial charge in [-0.25, -0.2) is 0 Å². The van der Waals surface area contributed by atoms with Crippen LogP contribution in [0.5, 0.6) is 5.75 Å². The van der Waals surface area contributed by atoms with E-state index in [0.717, 1.165) is 23.5 Å². The molecule has 0 atom stereocenters. The summed E-state index contributed by atoms with van der Waals surface area (Å²) in [5.74, 6) is 1.85. The van der Waals surface area contributed by atoms with Crippen LogP contribution in [0.15, 0.2) is 60.7 Å². The Labute approximate surface area is 121 Å². The lowest BCUT2D eigenvalue weighted by atomic mass is 10.1. The molecule has 20 heavy (non-hydrogen) atoms. The van der Waals surface area contributed by atoms with Gasteiger partial charge in [-0.05, 0) is 43.5 Å². The van der Waals surface area contributed by atoms with E-state index in [1.54, 1.807) is 0 Å². The van der Waals surface area contributed by atoms with Gasteiger partial charge in [-0.3, -0.25) is 0 Å². The van der Waals surface area contributed by atoms with Crippen molar-refractivity contribution in [2.45, 2.75) is 33.1 Å². The zero-order valence-electron chi connectivity index (χ0n) is 12.3. The van der Waals surface area contributed by atoms with Crippen molar-refractivity contribution in [3.05, 3.63) is 71.8 Å². The molecule has 0 heterocycles. The molecule has 0 aliphatic rings. The highest BCUT2D eigenvalue weighted by Gasteiger charge is 2.04. The van der Waals surface area contributed by atoms with Crippen LogP contribution in [0.3, 0.4) is 0 Å². The SMILES string of the molecule is CCCC/C=C(/Oc1cccc(C)c1)c1ccccc1. The third kappa shape index (κ3) is 4.27. The number of rotatable bonds is 6. The molecule has 0 saturated carbocycles. The second-order valence-corrected chi connectivity index (χ2v) is 5.00. The lowest BCUT2D eigenvalue weighted by molar-refractivity contribution is 0.511. The fourth-order valence-electron chi connectivity index (χ4n) is 2.06. The van der Waals surface area contributed by atoms with E-state index in [1.165, 1.54) is 18.4 Å². The molecule has 2 rings (SSSR count). The summed E-state index contributed by atoms with van der Waals surface area (Å²) in [4.78, 5) is 0. The number of allylic oxidation sites excluding steroid dienone is 1. The summed E-state index contributed by atoms with van der Waals surface area (Å²) >= 11 is 0. The minimum Gasteiger partial charge on any atom is -0.457 e. The Balaban J connectivity index is 2.21. The molecule has 2 aromatic rings. The summed E-state index contributed by atoms with van der Waals surface area (Å²) in [6.07, 6.45) is 5.63. The Morgan fingerprint density at radius 1 is 1.05 bits per heavy atom. The molecule has 0 aromatic heterocycles. The minimum atomic E-state index is 0.900. The average Bonchev–Trinajstić information content (AvgIpc) is 2.47. The lowest BCUT2D eigenvalue weighted by Gasteiger charge is -2.11. The second kappa shape index (κ2) is 7.54. The van der Waals surface area contributed by atoms with E-state index >= 15 is 0 Å². The van der Waals surface area contributed by atoms with Crippen LogP contribution < -0.4 is 4.74 Å². The van der Waals surface area contributed by atoms with Crippen molar-refractivity contribution >= 4 is 5.76 Å². The smallest absolute Gasteiger partial charge is 0.130 e. The van der Waals surface area contributed by atoms with Gasteiger partial charge in [0.05, 0.1) is 0 Å². The lowest BCUT2D eigenvalue weighted by Crippen LogP contribution is -1.95. The molecule has 0 N–H and O–H groups in total. The van der Waals surface area contributed by atoms with E-state index in [9.17, 15) is 0 Å². The van der Waals surface area contributed by atoms with Gasteiger partial charge >= 0.3 is 0 Å². The largest absolute Gasteiger partial charge is 0.457 e. The van der Waals surface area contributed by atoms with Gasteiger partial charge in [0.25, 0.3) is 0 Å². The van der Waals surface area contributed by atoms with Crippen LogP contribution in [0.1, 0.15) is 37.3 Å². The summed E-state index contributed by atoms with van der Waals surface area (Å²) < 4.78 is 6.09. The highest BCUT2D eigenvalue weighted by molar-refractivity contribution is 5.61. The van der Waals surface area contributed by atoms with Gasteiger partial charge in [0.2, 0.25) is 0 Å². The molecular weight excluding hydrogens is 244 g/mol. The molecular formula is C19H22O. The second-order valence-electron chi connectivity index (χ2n) is 5.00. The van der Waals surface area contributed by atoms with E-state index in [-0.39, 0.29) is 0 Å². The van der Waals surface area contributed by atoms with Gasteiger partial charge in [0.15, 0.2) is 0 Å². The van der Waals surface area contributed by atoms with Crippen molar-refractivity contribution in [1.82, 2.24) is 0 Å². The Bertz CT molecular complexity index is 555. The van der Waals surface area contributed by atoms with Crippen molar-refractivity contribution in [3.63, 3.8) is 0 Å². The summed E-state index contributed by atoms with van der Waals surface area (Å²) in [6.45, 7) is 4.29. The average molecular weight is 266 g/mol. The number of benzene rings is 2. The third-order valence-corrected chi connectivity index (χ3v) is 3.16. The van der Waals surface area contributed by atoms with Crippen LogP contribution in [-0.4, -0.2) is 0 Å². The van der Waals surface area contributed by atoms with Gasteiger partial charge in [0.1, 0.15) is 11.5 Å². The fraction of sp³-hybridized carbons (Fsp3) is 0.263. The molecule has 0 unspecified atom stereocenters. The maximum Gasteiger partial charge on any atom is 0.130 e. The van der Waals surface area contributed by atoms with Gasteiger partial charge in [0, 0.05) is 5.56 Å². The first-order valence-corrected chi connectivity index (χ1v) is 7.29. The van der Waals surface area contributed by atoms with Gasteiger partial charge in [-0.15, -0.1) is 0 Å². The van der Waals surface area contributed by atoms with E-state index in [2.05, 4.69) is 44.2 Å². The monoisotopic (exact) mass is 266 g/mol. The predicted octanol–water partition coefficient (Wildman–Crippen LogP) is 5.61. The van der Waals surface area contributed by atoms with Crippen LogP contribution in [0.2, 0.25) is 0 Å². The quantitative estimate of drug-likeness (QED) is 0.488. The first-order valence-electron chi connectivity index (χ1n) is 7.29. The molecule has 0 saturated heterocycles. The topological polar surface area (TPSA) is 9.23 Å². The van der Waals surface area contributed by atoms with Crippen LogP contribution in [-0.2, 0) is 0 Å². The number of hydrogen-bond acceptors (Lipinski definition) is 1. The van der Waals surface area contributed by atoms with Crippen LogP contribution >= 0.6 is 0 Å².